The number of aromatic nitrogens is 2. The summed E-state index contributed by atoms with van der Waals surface area (Å²) in [7, 11) is 0. The summed E-state index contributed by atoms with van der Waals surface area (Å²) >= 11 is 0. The van der Waals surface area contributed by atoms with E-state index in [0.29, 0.717) is 12.1 Å². The minimum atomic E-state index is -4.47. The van der Waals surface area contributed by atoms with Crippen molar-refractivity contribution in [3.63, 3.8) is 0 Å². The van der Waals surface area contributed by atoms with Crippen LogP contribution in [0.15, 0.2) is 6.07 Å². The topological polar surface area (TPSA) is 84.3 Å². The maximum Gasteiger partial charge on any atom is 0.435 e. The van der Waals surface area contributed by atoms with Crippen molar-refractivity contribution in [1.82, 2.24) is 20.0 Å². The molecular formula is C21H27F3N4O3. The zero-order valence-electron chi connectivity index (χ0n) is 17.3. The molecule has 2 unspecified atom stereocenters. The quantitative estimate of drug-likeness (QED) is 0.498. The zero-order valence-corrected chi connectivity index (χ0v) is 17.3. The molecular weight excluding hydrogens is 413 g/mol. The molecule has 1 saturated heterocycles. The number of halogens is 3. The van der Waals surface area contributed by atoms with Crippen molar-refractivity contribution in [1.29, 1.82) is 0 Å². The van der Waals surface area contributed by atoms with E-state index in [9.17, 15) is 27.6 Å². The van der Waals surface area contributed by atoms with Crippen molar-refractivity contribution >= 4 is 17.7 Å². The number of carbonyl (C=O) groups excluding carboxylic acids is 3. The van der Waals surface area contributed by atoms with E-state index in [1.54, 1.807) is 0 Å². The highest BCUT2D eigenvalue weighted by Crippen LogP contribution is 2.42. The van der Waals surface area contributed by atoms with Crippen molar-refractivity contribution < 1.29 is 27.6 Å². The van der Waals surface area contributed by atoms with Gasteiger partial charge in [-0.05, 0) is 38.2 Å². The van der Waals surface area contributed by atoms with E-state index in [4.69, 9.17) is 0 Å². The van der Waals surface area contributed by atoms with Crippen LogP contribution < -0.4 is 5.32 Å². The smallest absolute Gasteiger partial charge is 0.356 e. The molecule has 4 rings (SSSR count). The third-order valence-corrected chi connectivity index (χ3v) is 6.46. The molecule has 0 aromatic carbocycles. The number of likely N-dealkylation sites (tertiary alicyclic amines) is 1. The molecule has 1 N–H and O–H groups in total. The Balaban J connectivity index is 1.21. The van der Waals surface area contributed by atoms with Gasteiger partial charge in [-0.2, -0.15) is 18.3 Å². The van der Waals surface area contributed by atoms with Crippen LogP contribution in [0.25, 0.3) is 0 Å². The van der Waals surface area contributed by atoms with Gasteiger partial charge in [0.1, 0.15) is 0 Å². The van der Waals surface area contributed by atoms with E-state index >= 15 is 0 Å². The molecule has 1 aromatic heterocycles. The second-order valence-electron chi connectivity index (χ2n) is 8.73. The minimum Gasteiger partial charge on any atom is -0.356 e. The summed E-state index contributed by atoms with van der Waals surface area (Å²) in [6, 6.07) is 1.12. The Morgan fingerprint density at radius 3 is 2.29 bits per heavy atom. The summed E-state index contributed by atoms with van der Waals surface area (Å²) in [6.45, 7) is 0.655. The predicted molar refractivity (Wildman–Crippen MR) is 104 cm³/mol. The summed E-state index contributed by atoms with van der Waals surface area (Å²) in [5.74, 6) is -0.906. The number of hydrogen-bond acceptors (Lipinski definition) is 4. The molecule has 2 saturated carbocycles. The molecule has 0 spiro atoms. The van der Waals surface area contributed by atoms with Gasteiger partial charge in [0.2, 0.25) is 17.7 Å². The van der Waals surface area contributed by atoms with Crippen molar-refractivity contribution in [2.75, 3.05) is 13.1 Å². The molecule has 10 heteroatoms. The van der Waals surface area contributed by atoms with Gasteiger partial charge in [0, 0.05) is 37.7 Å². The zero-order chi connectivity index (χ0) is 22.2. The van der Waals surface area contributed by atoms with Crippen LogP contribution in [0, 0.1) is 11.8 Å². The van der Waals surface area contributed by atoms with Gasteiger partial charge in [0.25, 0.3) is 0 Å². The molecule has 3 aliphatic rings. The molecule has 2 heterocycles. The van der Waals surface area contributed by atoms with Crippen LogP contribution in [0.2, 0.25) is 0 Å². The number of nitrogens with zero attached hydrogens (tertiary/aromatic N) is 3. The Kier molecular flexibility index (Phi) is 6.07. The monoisotopic (exact) mass is 440 g/mol. The van der Waals surface area contributed by atoms with Crippen molar-refractivity contribution in [3.05, 3.63) is 17.5 Å². The van der Waals surface area contributed by atoms with E-state index in [1.165, 1.54) is 9.58 Å². The predicted octanol–water partition coefficient (Wildman–Crippen LogP) is 2.85. The van der Waals surface area contributed by atoms with Gasteiger partial charge >= 0.3 is 6.18 Å². The SMILES string of the molecule is O=C(CCN1C(=O)C2CCCCC2C1=O)NCCCn1nc(C(F)(F)F)cc1C1CC1. The van der Waals surface area contributed by atoms with Gasteiger partial charge in [-0.15, -0.1) is 0 Å². The molecule has 3 fully saturated rings. The summed E-state index contributed by atoms with van der Waals surface area (Å²) in [4.78, 5) is 38.2. The summed E-state index contributed by atoms with van der Waals surface area (Å²) in [5.41, 5.74) is -0.273. The van der Waals surface area contributed by atoms with Gasteiger partial charge in [-0.25, -0.2) is 0 Å². The molecule has 3 amide bonds. The van der Waals surface area contributed by atoms with Gasteiger partial charge in [-0.1, -0.05) is 12.8 Å². The van der Waals surface area contributed by atoms with E-state index in [-0.39, 0.29) is 61.5 Å². The number of imide groups is 1. The Morgan fingerprint density at radius 2 is 1.71 bits per heavy atom. The summed E-state index contributed by atoms with van der Waals surface area (Å²) < 4.78 is 40.2. The second kappa shape index (κ2) is 8.63. The van der Waals surface area contributed by atoms with Crippen molar-refractivity contribution in [2.24, 2.45) is 11.8 Å². The maximum absolute atomic E-state index is 12.9. The van der Waals surface area contributed by atoms with Crippen molar-refractivity contribution in [3.8, 4) is 0 Å². The second-order valence-corrected chi connectivity index (χ2v) is 8.73. The highest BCUT2D eigenvalue weighted by atomic mass is 19.4. The first-order valence-electron chi connectivity index (χ1n) is 11.0. The molecule has 0 radical (unpaired) electrons. The van der Waals surface area contributed by atoms with Gasteiger partial charge in [0.15, 0.2) is 5.69 Å². The first kappa shape index (κ1) is 21.8. The van der Waals surface area contributed by atoms with E-state index in [1.807, 2.05) is 0 Å². The van der Waals surface area contributed by atoms with E-state index in [2.05, 4.69) is 10.4 Å². The number of rotatable bonds is 8. The van der Waals surface area contributed by atoms with E-state index < -0.39 is 11.9 Å². The number of nitrogens with one attached hydrogen (secondary N) is 1. The number of hydrogen-bond donors (Lipinski definition) is 1. The molecule has 170 valence electrons. The average Bonchev–Trinajstić information content (AvgIpc) is 3.43. The fourth-order valence-electron chi connectivity index (χ4n) is 4.67. The minimum absolute atomic E-state index is 0.0320. The first-order chi connectivity index (χ1) is 14.8. The number of fused-ring (bicyclic) bond motifs is 1. The Morgan fingerprint density at radius 1 is 1.06 bits per heavy atom. The lowest BCUT2D eigenvalue weighted by Crippen LogP contribution is -2.35. The summed E-state index contributed by atoms with van der Waals surface area (Å²) in [5, 5.41) is 6.42. The maximum atomic E-state index is 12.9. The summed E-state index contributed by atoms with van der Waals surface area (Å²) in [6.07, 6.45) is 1.14. The average molecular weight is 440 g/mol. The van der Waals surface area contributed by atoms with E-state index in [0.717, 1.165) is 44.6 Å². The molecule has 2 aliphatic carbocycles. The lowest BCUT2D eigenvalue weighted by molar-refractivity contribution is -0.142. The Labute approximate surface area is 178 Å². The molecule has 31 heavy (non-hydrogen) atoms. The number of alkyl halides is 3. The highest BCUT2D eigenvalue weighted by molar-refractivity contribution is 6.05. The van der Waals surface area contributed by atoms with Gasteiger partial charge in [0.05, 0.1) is 11.8 Å². The highest BCUT2D eigenvalue weighted by Gasteiger charge is 2.47. The number of amides is 3. The third-order valence-electron chi connectivity index (χ3n) is 6.46. The van der Waals surface area contributed by atoms with Crippen LogP contribution in [0.1, 0.15) is 68.7 Å². The lowest BCUT2D eigenvalue weighted by atomic mass is 9.81. The van der Waals surface area contributed by atoms with Gasteiger partial charge in [-0.3, -0.25) is 24.0 Å². The molecule has 0 bridgehead atoms. The fraction of sp³-hybridized carbons (Fsp3) is 0.714. The Bertz CT molecular complexity index is 839. The Hall–Kier alpha value is -2.39. The fourth-order valence-corrected chi connectivity index (χ4v) is 4.67. The molecule has 7 nitrogen and oxygen atoms in total. The van der Waals surface area contributed by atoms with Crippen LogP contribution in [-0.4, -0.2) is 45.5 Å². The molecule has 1 aromatic rings. The molecule has 1 aliphatic heterocycles. The van der Waals surface area contributed by atoms with Crippen molar-refractivity contribution in [2.45, 2.75) is 70.0 Å². The van der Waals surface area contributed by atoms with Crippen LogP contribution >= 0.6 is 0 Å². The number of carbonyl (C=O) groups is 3. The van der Waals surface area contributed by atoms with Crippen LogP contribution in [0.4, 0.5) is 13.2 Å². The van der Waals surface area contributed by atoms with Gasteiger partial charge < -0.3 is 5.32 Å². The number of aryl methyl sites for hydroxylation is 1. The van der Waals surface area contributed by atoms with Crippen LogP contribution in [0.3, 0.4) is 0 Å². The van der Waals surface area contributed by atoms with Crippen LogP contribution in [-0.2, 0) is 27.1 Å². The third kappa shape index (κ3) is 4.77. The normalized spacial score (nSPS) is 23.9. The lowest BCUT2D eigenvalue weighted by Gasteiger charge is -2.19. The largest absolute Gasteiger partial charge is 0.435 e. The standard InChI is InChI=1S/C21H27F3N4O3/c22-21(23,24)17-12-16(13-6-7-13)28(26-17)10-3-9-25-18(29)8-11-27-19(30)14-4-1-2-5-15(14)20(27)31/h12-15H,1-11H2,(H,25,29). The van der Waals surface area contributed by atoms with Crippen LogP contribution in [0.5, 0.6) is 0 Å². The molecule has 2 atom stereocenters. The first-order valence-corrected chi connectivity index (χ1v) is 11.0.